The molecule has 0 aromatic rings. The third-order valence-electron chi connectivity index (χ3n) is 3.44. The lowest BCUT2D eigenvalue weighted by Crippen LogP contribution is -2.32. The first-order valence-electron chi connectivity index (χ1n) is 5.62. The largest absolute Gasteiger partial charge is 0.369 e. The first kappa shape index (κ1) is 11.5. The summed E-state index contributed by atoms with van der Waals surface area (Å²) in [5.74, 6) is 1.20. The van der Waals surface area contributed by atoms with Crippen molar-refractivity contribution in [2.75, 3.05) is 6.54 Å². The second-order valence-corrected chi connectivity index (χ2v) is 4.70. The van der Waals surface area contributed by atoms with E-state index in [9.17, 15) is 4.79 Å². The molecule has 0 bridgehead atoms. The van der Waals surface area contributed by atoms with Gasteiger partial charge in [0.1, 0.15) is 0 Å². The summed E-state index contributed by atoms with van der Waals surface area (Å²) in [6.45, 7) is 2.70. The van der Waals surface area contributed by atoms with Gasteiger partial charge < -0.3 is 11.5 Å². The molecule has 0 heterocycles. The predicted molar refractivity (Wildman–Crippen MR) is 57.5 cm³/mol. The number of primary amides is 1. The monoisotopic (exact) mass is 198 g/mol. The van der Waals surface area contributed by atoms with E-state index in [1.165, 1.54) is 25.7 Å². The van der Waals surface area contributed by atoms with E-state index in [2.05, 4.69) is 6.92 Å². The average Bonchev–Trinajstić information content (AvgIpc) is 2.16. The third-order valence-corrected chi connectivity index (χ3v) is 3.44. The molecule has 3 nitrogen and oxygen atoms in total. The van der Waals surface area contributed by atoms with Crippen molar-refractivity contribution in [3.05, 3.63) is 0 Å². The molecule has 0 aliphatic heterocycles. The molecule has 3 heteroatoms. The van der Waals surface area contributed by atoms with Crippen LogP contribution < -0.4 is 11.5 Å². The Hall–Kier alpha value is -0.570. The molecule has 1 saturated carbocycles. The molecule has 1 rings (SSSR count). The highest BCUT2D eigenvalue weighted by Gasteiger charge is 2.23. The summed E-state index contributed by atoms with van der Waals surface area (Å²) >= 11 is 0. The minimum atomic E-state index is -0.230. The Morgan fingerprint density at radius 3 is 2.36 bits per heavy atom. The molecule has 0 aromatic heterocycles. The average molecular weight is 198 g/mol. The van der Waals surface area contributed by atoms with Crippen LogP contribution in [-0.2, 0) is 4.79 Å². The molecule has 0 saturated heterocycles. The molecule has 1 aliphatic carbocycles. The van der Waals surface area contributed by atoms with Crippen LogP contribution in [0, 0.1) is 17.8 Å². The Bertz CT molecular complexity index is 186. The summed E-state index contributed by atoms with van der Waals surface area (Å²) in [6, 6.07) is 0. The first-order valence-corrected chi connectivity index (χ1v) is 5.62. The van der Waals surface area contributed by atoms with Crippen LogP contribution >= 0.6 is 0 Å². The summed E-state index contributed by atoms with van der Waals surface area (Å²) in [5, 5.41) is 0. The van der Waals surface area contributed by atoms with Crippen molar-refractivity contribution in [1.82, 2.24) is 0 Å². The molecule has 1 unspecified atom stereocenters. The number of hydrogen-bond acceptors (Lipinski definition) is 2. The van der Waals surface area contributed by atoms with Gasteiger partial charge in [-0.25, -0.2) is 0 Å². The number of carbonyl (C=O) groups is 1. The summed E-state index contributed by atoms with van der Waals surface area (Å²) in [4.78, 5) is 11.0. The van der Waals surface area contributed by atoms with Crippen LogP contribution in [0.4, 0.5) is 0 Å². The van der Waals surface area contributed by atoms with Crippen molar-refractivity contribution in [2.24, 2.45) is 29.2 Å². The van der Waals surface area contributed by atoms with Crippen molar-refractivity contribution in [3.8, 4) is 0 Å². The summed E-state index contributed by atoms with van der Waals surface area (Å²) in [5.41, 5.74) is 10.8. The van der Waals surface area contributed by atoms with Crippen LogP contribution in [0.15, 0.2) is 0 Å². The minimum absolute atomic E-state index is 0.103. The van der Waals surface area contributed by atoms with E-state index in [4.69, 9.17) is 11.5 Å². The quantitative estimate of drug-likeness (QED) is 0.714. The highest BCUT2D eigenvalue weighted by atomic mass is 16.1. The van der Waals surface area contributed by atoms with Crippen LogP contribution in [0.3, 0.4) is 0 Å². The normalized spacial score (nSPS) is 29.9. The summed E-state index contributed by atoms with van der Waals surface area (Å²) in [6.07, 6.45) is 5.97. The fourth-order valence-corrected chi connectivity index (χ4v) is 2.30. The number of amides is 1. The summed E-state index contributed by atoms with van der Waals surface area (Å²) < 4.78 is 0. The SMILES string of the molecule is CC1CCC(CC(CN)C(N)=O)CC1. The van der Waals surface area contributed by atoms with Gasteiger partial charge in [0, 0.05) is 6.54 Å². The van der Waals surface area contributed by atoms with Gasteiger partial charge in [0.15, 0.2) is 0 Å². The molecule has 0 radical (unpaired) electrons. The standard InChI is InChI=1S/C11H22N2O/c1-8-2-4-9(5-3-8)6-10(7-12)11(13)14/h8-10H,2-7,12H2,1H3,(H2,13,14). The van der Waals surface area contributed by atoms with Gasteiger partial charge in [-0.15, -0.1) is 0 Å². The van der Waals surface area contributed by atoms with Crippen molar-refractivity contribution in [3.63, 3.8) is 0 Å². The fraction of sp³-hybridized carbons (Fsp3) is 0.909. The van der Waals surface area contributed by atoms with Crippen molar-refractivity contribution >= 4 is 5.91 Å². The Balaban J connectivity index is 2.32. The molecule has 82 valence electrons. The van der Waals surface area contributed by atoms with Gasteiger partial charge in [-0.2, -0.15) is 0 Å². The maximum atomic E-state index is 11.0. The van der Waals surface area contributed by atoms with E-state index in [0.29, 0.717) is 12.5 Å². The van der Waals surface area contributed by atoms with E-state index < -0.39 is 0 Å². The number of rotatable bonds is 4. The van der Waals surface area contributed by atoms with Crippen LogP contribution in [0.5, 0.6) is 0 Å². The molecule has 1 amide bonds. The Labute approximate surface area is 86.2 Å². The zero-order chi connectivity index (χ0) is 10.6. The lowest BCUT2D eigenvalue weighted by molar-refractivity contribution is -0.122. The maximum Gasteiger partial charge on any atom is 0.221 e. The smallest absolute Gasteiger partial charge is 0.221 e. The number of hydrogen-bond donors (Lipinski definition) is 2. The van der Waals surface area contributed by atoms with E-state index in [1.807, 2.05) is 0 Å². The second-order valence-electron chi connectivity index (χ2n) is 4.70. The Kier molecular flexibility index (Phi) is 4.39. The van der Waals surface area contributed by atoms with Gasteiger partial charge in [-0.3, -0.25) is 4.79 Å². The highest BCUT2D eigenvalue weighted by Crippen LogP contribution is 2.32. The number of nitrogens with two attached hydrogens (primary N) is 2. The van der Waals surface area contributed by atoms with Gasteiger partial charge >= 0.3 is 0 Å². The van der Waals surface area contributed by atoms with Gasteiger partial charge in [-0.05, 0) is 18.3 Å². The molecule has 1 atom stereocenters. The summed E-state index contributed by atoms with van der Waals surface area (Å²) in [7, 11) is 0. The van der Waals surface area contributed by atoms with E-state index in [1.54, 1.807) is 0 Å². The first-order chi connectivity index (χ1) is 6.63. The lowest BCUT2D eigenvalue weighted by atomic mass is 9.78. The van der Waals surface area contributed by atoms with Crippen LogP contribution in [-0.4, -0.2) is 12.5 Å². The van der Waals surface area contributed by atoms with Crippen molar-refractivity contribution in [2.45, 2.75) is 39.0 Å². The fourth-order valence-electron chi connectivity index (χ4n) is 2.30. The van der Waals surface area contributed by atoms with Gasteiger partial charge in [0.2, 0.25) is 5.91 Å². The topological polar surface area (TPSA) is 69.1 Å². The molecule has 0 spiro atoms. The molecular weight excluding hydrogens is 176 g/mol. The van der Waals surface area contributed by atoms with Gasteiger partial charge in [0.05, 0.1) is 5.92 Å². The predicted octanol–water partition coefficient (Wildman–Crippen LogP) is 1.26. The van der Waals surface area contributed by atoms with E-state index in [0.717, 1.165) is 12.3 Å². The van der Waals surface area contributed by atoms with Crippen LogP contribution in [0.2, 0.25) is 0 Å². The molecule has 14 heavy (non-hydrogen) atoms. The molecule has 1 fully saturated rings. The molecule has 0 aromatic carbocycles. The minimum Gasteiger partial charge on any atom is -0.369 e. The molecule has 1 aliphatic rings. The van der Waals surface area contributed by atoms with Crippen molar-refractivity contribution in [1.29, 1.82) is 0 Å². The lowest BCUT2D eigenvalue weighted by Gasteiger charge is -2.27. The molecular formula is C11H22N2O. The maximum absolute atomic E-state index is 11.0. The van der Waals surface area contributed by atoms with Crippen LogP contribution in [0.25, 0.3) is 0 Å². The highest BCUT2D eigenvalue weighted by molar-refractivity contribution is 5.76. The Morgan fingerprint density at radius 1 is 1.36 bits per heavy atom. The second kappa shape index (κ2) is 5.35. The zero-order valence-corrected chi connectivity index (χ0v) is 9.04. The molecule has 4 N–H and O–H groups in total. The van der Waals surface area contributed by atoms with Crippen LogP contribution in [0.1, 0.15) is 39.0 Å². The van der Waals surface area contributed by atoms with E-state index in [-0.39, 0.29) is 11.8 Å². The van der Waals surface area contributed by atoms with Gasteiger partial charge in [0.25, 0.3) is 0 Å². The van der Waals surface area contributed by atoms with Crippen molar-refractivity contribution < 1.29 is 4.79 Å². The van der Waals surface area contributed by atoms with E-state index >= 15 is 0 Å². The third kappa shape index (κ3) is 3.29. The Morgan fingerprint density at radius 2 is 1.93 bits per heavy atom. The number of carbonyl (C=O) groups excluding carboxylic acids is 1. The zero-order valence-electron chi connectivity index (χ0n) is 9.04. The van der Waals surface area contributed by atoms with Gasteiger partial charge in [-0.1, -0.05) is 32.6 Å².